The first kappa shape index (κ1) is 14.2. The van der Waals surface area contributed by atoms with E-state index >= 15 is 0 Å². The highest BCUT2D eigenvalue weighted by atomic mass is 35.5. The third-order valence-electron chi connectivity index (χ3n) is 3.63. The van der Waals surface area contributed by atoms with Crippen LogP contribution in [0.5, 0.6) is 11.9 Å². The average Bonchev–Trinajstić information content (AvgIpc) is 3.14. The van der Waals surface area contributed by atoms with Gasteiger partial charge in [-0.05, 0) is 5.56 Å². The van der Waals surface area contributed by atoms with Crippen molar-refractivity contribution in [2.24, 2.45) is 0 Å². The fourth-order valence-corrected chi connectivity index (χ4v) is 3.62. The normalized spacial score (nSPS) is 16.1. The van der Waals surface area contributed by atoms with Crippen molar-refractivity contribution in [1.29, 1.82) is 0 Å². The molecule has 0 aliphatic carbocycles. The Hall–Kier alpha value is -2.38. The molecule has 2 aromatic heterocycles. The molecule has 0 fully saturated rings. The van der Waals surface area contributed by atoms with Gasteiger partial charge in [0.2, 0.25) is 5.88 Å². The van der Waals surface area contributed by atoms with Crippen LogP contribution < -0.4 is 10.3 Å². The van der Waals surface area contributed by atoms with Gasteiger partial charge in [-0.25, -0.2) is 9.55 Å². The molecule has 23 heavy (non-hydrogen) atoms. The van der Waals surface area contributed by atoms with Crippen LogP contribution in [0.1, 0.15) is 10.9 Å². The molecular weight excluding hydrogens is 338 g/mol. The first-order valence-electron chi connectivity index (χ1n) is 6.80. The molecule has 3 heterocycles. The third-order valence-corrected chi connectivity index (χ3v) is 4.85. The Morgan fingerprint density at radius 1 is 1.35 bits per heavy atom. The van der Waals surface area contributed by atoms with Gasteiger partial charge >= 0.3 is 6.01 Å². The van der Waals surface area contributed by atoms with Crippen LogP contribution in [0.15, 0.2) is 41.3 Å². The van der Waals surface area contributed by atoms with Crippen molar-refractivity contribution in [3.05, 3.63) is 56.2 Å². The molecule has 6 nitrogen and oxygen atoms in total. The number of hydrogen-bond donors (Lipinski definition) is 1. The summed E-state index contributed by atoms with van der Waals surface area (Å²) in [6.07, 6.45) is 1.62. The van der Waals surface area contributed by atoms with Gasteiger partial charge in [-0.15, -0.1) is 11.3 Å². The van der Waals surface area contributed by atoms with Crippen molar-refractivity contribution in [3.63, 3.8) is 0 Å². The lowest BCUT2D eigenvalue weighted by atomic mass is 10.1. The number of ether oxygens (including phenoxy) is 1. The summed E-state index contributed by atoms with van der Waals surface area (Å²) in [5.74, 6) is -0.338. The summed E-state index contributed by atoms with van der Waals surface area (Å²) in [6, 6.07) is 8.68. The highest BCUT2D eigenvalue weighted by Crippen LogP contribution is 2.35. The van der Waals surface area contributed by atoms with Crippen molar-refractivity contribution >= 4 is 22.9 Å². The van der Waals surface area contributed by atoms with Crippen molar-refractivity contribution in [2.75, 3.05) is 6.61 Å². The monoisotopic (exact) mass is 347 g/mol. The Kier molecular flexibility index (Phi) is 3.32. The van der Waals surface area contributed by atoms with Crippen LogP contribution in [-0.2, 0) is 0 Å². The summed E-state index contributed by atoms with van der Waals surface area (Å²) in [7, 11) is 0. The maximum atomic E-state index is 12.9. The molecule has 116 valence electrons. The van der Waals surface area contributed by atoms with E-state index in [1.54, 1.807) is 30.5 Å². The van der Waals surface area contributed by atoms with E-state index in [4.69, 9.17) is 16.3 Å². The molecule has 8 heteroatoms. The van der Waals surface area contributed by atoms with Gasteiger partial charge in [-0.2, -0.15) is 4.98 Å². The van der Waals surface area contributed by atoms with Gasteiger partial charge in [0.25, 0.3) is 5.56 Å². The summed E-state index contributed by atoms with van der Waals surface area (Å²) < 4.78 is 7.29. The standard InChI is InChI=1S/C15H10ClN3O3S/c16-14-17-6-10(23-14)9-7-22-15-18-12(20)11(13(21)19(9)15)8-4-2-1-3-5-8/h1-6,9,20H,7H2. The molecule has 0 amide bonds. The second kappa shape index (κ2) is 5.36. The summed E-state index contributed by atoms with van der Waals surface area (Å²) in [5, 5.41) is 10.1. The minimum atomic E-state index is -0.356. The molecule has 0 radical (unpaired) electrons. The third kappa shape index (κ3) is 2.29. The van der Waals surface area contributed by atoms with Gasteiger partial charge in [0.1, 0.15) is 18.2 Å². The first-order chi connectivity index (χ1) is 11.1. The van der Waals surface area contributed by atoms with Crippen molar-refractivity contribution < 1.29 is 9.84 Å². The predicted molar refractivity (Wildman–Crippen MR) is 86.4 cm³/mol. The molecule has 1 aliphatic heterocycles. The number of aromatic hydroxyl groups is 1. The van der Waals surface area contributed by atoms with E-state index in [-0.39, 0.29) is 35.7 Å². The maximum absolute atomic E-state index is 12.9. The van der Waals surface area contributed by atoms with Crippen LogP contribution in [0.4, 0.5) is 0 Å². The Morgan fingerprint density at radius 3 is 2.83 bits per heavy atom. The minimum Gasteiger partial charge on any atom is -0.493 e. The second-order valence-electron chi connectivity index (χ2n) is 4.98. The van der Waals surface area contributed by atoms with Crippen LogP contribution in [0.2, 0.25) is 4.47 Å². The zero-order valence-corrected chi connectivity index (χ0v) is 13.2. The van der Waals surface area contributed by atoms with E-state index in [0.717, 1.165) is 4.88 Å². The van der Waals surface area contributed by atoms with E-state index in [9.17, 15) is 9.90 Å². The molecule has 1 aliphatic rings. The SMILES string of the molecule is O=c1c(-c2ccccc2)c(O)nc2n1C(c1cnc(Cl)s1)CO2. The number of aromatic nitrogens is 3. The number of nitrogens with zero attached hydrogens (tertiary/aromatic N) is 3. The molecule has 1 atom stereocenters. The quantitative estimate of drug-likeness (QED) is 0.771. The zero-order valence-electron chi connectivity index (χ0n) is 11.6. The summed E-state index contributed by atoms with van der Waals surface area (Å²) in [4.78, 5) is 21.7. The van der Waals surface area contributed by atoms with Crippen molar-refractivity contribution in [3.8, 4) is 23.0 Å². The lowest BCUT2D eigenvalue weighted by Crippen LogP contribution is -2.24. The van der Waals surface area contributed by atoms with Crippen molar-refractivity contribution in [1.82, 2.24) is 14.5 Å². The molecule has 0 saturated heterocycles. The molecule has 0 saturated carbocycles. The van der Waals surface area contributed by atoms with Crippen LogP contribution in [0.25, 0.3) is 11.1 Å². The van der Waals surface area contributed by atoms with Gasteiger partial charge in [0.15, 0.2) is 4.47 Å². The second-order valence-corrected chi connectivity index (χ2v) is 6.62. The van der Waals surface area contributed by atoms with Crippen LogP contribution in [0.3, 0.4) is 0 Å². The predicted octanol–water partition coefficient (Wildman–Crippen LogP) is 2.71. The van der Waals surface area contributed by atoms with Crippen molar-refractivity contribution in [2.45, 2.75) is 6.04 Å². The topological polar surface area (TPSA) is 77.2 Å². The van der Waals surface area contributed by atoms with E-state index in [0.29, 0.717) is 10.0 Å². The van der Waals surface area contributed by atoms with Gasteiger partial charge in [0, 0.05) is 6.20 Å². The summed E-state index contributed by atoms with van der Waals surface area (Å²) in [5.41, 5.74) is 0.400. The lowest BCUT2D eigenvalue weighted by Gasteiger charge is -2.11. The molecule has 1 aromatic carbocycles. The molecule has 1 unspecified atom stereocenters. The fraction of sp³-hybridized carbons (Fsp3) is 0.133. The number of rotatable bonds is 2. The van der Waals surface area contributed by atoms with Gasteiger partial charge in [-0.1, -0.05) is 41.9 Å². The van der Waals surface area contributed by atoms with Gasteiger partial charge in [-0.3, -0.25) is 4.79 Å². The van der Waals surface area contributed by atoms with E-state index in [1.165, 1.54) is 15.9 Å². The number of benzene rings is 1. The Bertz CT molecular complexity index is 939. The van der Waals surface area contributed by atoms with Crippen LogP contribution >= 0.6 is 22.9 Å². The smallest absolute Gasteiger partial charge is 0.303 e. The molecule has 1 N–H and O–H groups in total. The number of halogens is 1. The van der Waals surface area contributed by atoms with E-state index in [2.05, 4.69) is 9.97 Å². The highest BCUT2D eigenvalue weighted by Gasteiger charge is 2.32. The summed E-state index contributed by atoms with van der Waals surface area (Å²) in [6.45, 7) is 0.248. The fourth-order valence-electron chi connectivity index (χ4n) is 2.59. The lowest BCUT2D eigenvalue weighted by molar-refractivity contribution is 0.327. The number of fused-ring (bicyclic) bond motifs is 1. The molecule has 4 rings (SSSR count). The maximum Gasteiger partial charge on any atom is 0.303 e. The number of thiazole rings is 1. The zero-order chi connectivity index (χ0) is 16.0. The number of hydrogen-bond acceptors (Lipinski definition) is 6. The van der Waals surface area contributed by atoms with Crippen LogP contribution in [-0.4, -0.2) is 26.2 Å². The minimum absolute atomic E-state index is 0.0988. The molecule has 0 bridgehead atoms. The largest absolute Gasteiger partial charge is 0.493 e. The molecule has 3 aromatic rings. The molecule has 0 spiro atoms. The van der Waals surface area contributed by atoms with Gasteiger partial charge < -0.3 is 9.84 Å². The Morgan fingerprint density at radius 2 is 2.13 bits per heavy atom. The van der Waals surface area contributed by atoms with Crippen LogP contribution in [0, 0.1) is 0 Å². The summed E-state index contributed by atoms with van der Waals surface area (Å²) >= 11 is 7.17. The van der Waals surface area contributed by atoms with Gasteiger partial charge in [0.05, 0.1) is 4.88 Å². The Balaban J connectivity index is 1.92. The van der Waals surface area contributed by atoms with E-state index < -0.39 is 0 Å². The first-order valence-corrected chi connectivity index (χ1v) is 7.99. The van der Waals surface area contributed by atoms with E-state index in [1.807, 2.05) is 6.07 Å². The average molecular weight is 348 g/mol. The Labute approximate surface area is 139 Å². The highest BCUT2D eigenvalue weighted by molar-refractivity contribution is 7.15. The molecular formula is C15H10ClN3O3S.